The largest absolute Gasteiger partial charge is 0.524 e. The minimum Gasteiger partial charge on any atom is -0.404 e. The van der Waals surface area contributed by atoms with E-state index >= 15 is 0 Å². The third-order valence-corrected chi connectivity index (χ3v) is 2.56. The summed E-state index contributed by atoms with van der Waals surface area (Å²) < 4.78 is 15.1. The number of hydrogen-bond acceptors (Lipinski definition) is 3. The first-order valence-corrected chi connectivity index (χ1v) is 6.02. The van der Waals surface area contributed by atoms with Crippen LogP contribution in [0.4, 0.5) is 5.69 Å². The fraction of sp³-hybridized carbons (Fsp3) is 0. The normalized spacial score (nSPS) is 11.6. The number of benzene rings is 2. The first kappa shape index (κ1) is 11.0. The van der Waals surface area contributed by atoms with Crippen molar-refractivity contribution in [2.45, 2.75) is 0 Å². The molecule has 0 amide bonds. The molecular formula is C10H10NO4P. The van der Waals surface area contributed by atoms with Gasteiger partial charge in [0, 0.05) is 11.1 Å². The van der Waals surface area contributed by atoms with Crippen LogP contribution in [0.5, 0.6) is 5.75 Å². The van der Waals surface area contributed by atoms with Crippen molar-refractivity contribution in [3.63, 3.8) is 0 Å². The number of fused-ring (bicyclic) bond motifs is 1. The maximum absolute atomic E-state index is 10.7. The van der Waals surface area contributed by atoms with Crippen LogP contribution in [-0.2, 0) is 4.57 Å². The van der Waals surface area contributed by atoms with E-state index in [9.17, 15) is 4.57 Å². The van der Waals surface area contributed by atoms with Gasteiger partial charge in [-0.25, -0.2) is 4.57 Å². The summed E-state index contributed by atoms with van der Waals surface area (Å²) >= 11 is 0. The molecule has 2 aromatic carbocycles. The maximum Gasteiger partial charge on any atom is 0.524 e. The van der Waals surface area contributed by atoms with E-state index in [0.29, 0.717) is 5.69 Å². The summed E-state index contributed by atoms with van der Waals surface area (Å²) in [5.41, 5.74) is 6.35. The quantitative estimate of drug-likeness (QED) is 0.549. The lowest BCUT2D eigenvalue weighted by molar-refractivity contribution is 0.283. The van der Waals surface area contributed by atoms with Crippen molar-refractivity contribution in [2.24, 2.45) is 0 Å². The molecule has 0 bridgehead atoms. The van der Waals surface area contributed by atoms with Crippen LogP contribution in [0.15, 0.2) is 36.4 Å². The van der Waals surface area contributed by atoms with Gasteiger partial charge in [0.05, 0.1) is 0 Å². The Bertz CT molecular complexity index is 578. The topological polar surface area (TPSA) is 92.8 Å². The van der Waals surface area contributed by atoms with E-state index in [0.717, 1.165) is 10.8 Å². The Hall–Kier alpha value is -1.55. The summed E-state index contributed by atoms with van der Waals surface area (Å²) in [7, 11) is -4.51. The number of phosphoric ester groups is 1. The van der Waals surface area contributed by atoms with Gasteiger partial charge in [-0.1, -0.05) is 12.1 Å². The summed E-state index contributed by atoms with van der Waals surface area (Å²) in [6.45, 7) is 0. The van der Waals surface area contributed by atoms with Crippen molar-refractivity contribution in [1.29, 1.82) is 0 Å². The number of phosphoric acid groups is 1. The molecule has 84 valence electrons. The lowest BCUT2D eigenvalue weighted by Gasteiger charge is -2.08. The van der Waals surface area contributed by atoms with Crippen LogP contribution in [-0.4, -0.2) is 9.79 Å². The Morgan fingerprint density at radius 3 is 2.62 bits per heavy atom. The van der Waals surface area contributed by atoms with Gasteiger partial charge in [0.2, 0.25) is 0 Å². The van der Waals surface area contributed by atoms with Gasteiger partial charge in [-0.3, -0.25) is 9.79 Å². The molecule has 4 N–H and O–H groups in total. The van der Waals surface area contributed by atoms with Crippen LogP contribution < -0.4 is 10.3 Å². The summed E-state index contributed by atoms with van der Waals surface area (Å²) in [5.74, 6) is 0.117. The van der Waals surface area contributed by atoms with Crippen LogP contribution >= 0.6 is 7.82 Å². The summed E-state index contributed by atoms with van der Waals surface area (Å²) in [5, 5.41) is 1.59. The smallest absolute Gasteiger partial charge is 0.404 e. The average molecular weight is 239 g/mol. The number of anilines is 1. The summed E-state index contributed by atoms with van der Waals surface area (Å²) in [4.78, 5) is 17.3. The van der Waals surface area contributed by atoms with Crippen molar-refractivity contribution >= 4 is 24.3 Å². The average Bonchev–Trinajstić information content (AvgIpc) is 2.15. The molecule has 6 heteroatoms. The molecule has 0 saturated heterocycles. The molecule has 5 nitrogen and oxygen atoms in total. The number of nitrogens with two attached hydrogens (primary N) is 1. The third-order valence-electron chi connectivity index (χ3n) is 2.11. The van der Waals surface area contributed by atoms with Crippen LogP contribution in [0.1, 0.15) is 0 Å². The minimum atomic E-state index is -4.51. The lowest BCUT2D eigenvalue weighted by Crippen LogP contribution is -1.91. The first-order chi connectivity index (χ1) is 7.46. The molecule has 0 heterocycles. The highest BCUT2D eigenvalue weighted by Crippen LogP contribution is 2.38. The maximum atomic E-state index is 10.7. The molecule has 0 fully saturated rings. The van der Waals surface area contributed by atoms with Gasteiger partial charge in [0.1, 0.15) is 5.75 Å². The van der Waals surface area contributed by atoms with Crippen molar-refractivity contribution in [2.75, 3.05) is 5.73 Å². The van der Waals surface area contributed by atoms with Gasteiger partial charge in [0.25, 0.3) is 0 Å². The highest BCUT2D eigenvalue weighted by atomic mass is 31.2. The highest BCUT2D eigenvalue weighted by Gasteiger charge is 2.15. The van der Waals surface area contributed by atoms with E-state index < -0.39 is 7.82 Å². The molecule has 16 heavy (non-hydrogen) atoms. The molecule has 0 aliphatic carbocycles. The Morgan fingerprint density at radius 2 is 1.94 bits per heavy atom. The van der Waals surface area contributed by atoms with Gasteiger partial charge < -0.3 is 10.3 Å². The van der Waals surface area contributed by atoms with Crippen LogP contribution in [0.3, 0.4) is 0 Å². The summed E-state index contributed by atoms with van der Waals surface area (Å²) in [6, 6.07) is 9.97. The standard InChI is InChI=1S/C10H10NO4P/c11-10-3-1-2-7-6-8(4-5-9(7)10)15-16(12,13)14/h1-6H,11H2,(H2,12,13,14). The Balaban J connectivity index is 2.49. The minimum absolute atomic E-state index is 0.117. The Morgan fingerprint density at radius 1 is 1.19 bits per heavy atom. The molecule has 0 radical (unpaired) electrons. The van der Waals surface area contributed by atoms with Gasteiger partial charge in [-0.2, -0.15) is 0 Å². The molecular weight excluding hydrogens is 229 g/mol. The van der Waals surface area contributed by atoms with Crippen molar-refractivity contribution < 1.29 is 18.9 Å². The molecule has 0 saturated carbocycles. The molecule has 2 aromatic rings. The van der Waals surface area contributed by atoms with E-state index in [-0.39, 0.29) is 5.75 Å². The fourth-order valence-electron chi connectivity index (χ4n) is 1.48. The molecule has 0 aromatic heterocycles. The van der Waals surface area contributed by atoms with E-state index in [1.807, 2.05) is 0 Å². The molecule has 0 aliphatic heterocycles. The molecule has 2 rings (SSSR count). The zero-order chi connectivity index (χ0) is 11.8. The second-order valence-corrected chi connectivity index (χ2v) is 4.48. The van der Waals surface area contributed by atoms with Gasteiger partial charge in [0.15, 0.2) is 0 Å². The number of nitrogen functional groups attached to an aromatic ring is 1. The third kappa shape index (κ3) is 2.33. The van der Waals surface area contributed by atoms with Gasteiger partial charge in [-0.05, 0) is 29.7 Å². The van der Waals surface area contributed by atoms with Gasteiger partial charge >= 0.3 is 7.82 Å². The fourth-order valence-corrected chi connectivity index (χ4v) is 1.87. The second-order valence-electron chi connectivity index (χ2n) is 3.31. The number of rotatable bonds is 2. The molecule has 0 spiro atoms. The Kier molecular flexibility index (Phi) is 2.59. The Labute approximate surface area is 91.7 Å². The van der Waals surface area contributed by atoms with E-state index in [2.05, 4.69) is 4.52 Å². The van der Waals surface area contributed by atoms with E-state index in [1.165, 1.54) is 12.1 Å². The predicted molar refractivity (Wildman–Crippen MR) is 61.0 cm³/mol. The monoisotopic (exact) mass is 239 g/mol. The second kappa shape index (κ2) is 3.79. The number of hydrogen-bond donors (Lipinski definition) is 3. The van der Waals surface area contributed by atoms with Crippen LogP contribution in [0, 0.1) is 0 Å². The predicted octanol–water partition coefficient (Wildman–Crippen LogP) is 1.89. The zero-order valence-corrected chi connectivity index (χ0v) is 9.09. The van der Waals surface area contributed by atoms with Gasteiger partial charge in [-0.15, -0.1) is 0 Å². The van der Waals surface area contributed by atoms with Crippen molar-refractivity contribution in [1.82, 2.24) is 0 Å². The van der Waals surface area contributed by atoms with E-state index in [1.54, 1.807) is 24.3 Å². The first-order valence-electron chi connectivity index (χ1n) is 4.49. The highest BCUT2D eigenvalue weighted by molar-refractivity contribution is 7.46. The van der Waals surface area contributed by atoms with Crippen LogP contribution in [0.2, 0.25) is 0 Å². The summed E-state index contributed by atoms with van der Waals surface area (Å²) in [6.07, 6.45) is 0. The molecule has 0 aliphatic rings. The van der Waals surface area contributed by atoms with Crippen LogP contribution in [0.25, 0.3) is 10.8 Å². The molecule has 0 atom stereocenters. The SMILES string of the molecule is Nc1cccc2cc(OP(=O)(O)O)ccc12. The lowest BCUT2D eigenvalue weighted by atomic mass is 10.1. The van der Waals surface area contributed by atoms with E-state index in [4.69, 9.17) is 15.5 Å². The van der Waals surface area contributed by atoms with Crippen molar-refractivity contribution in [3.05, 3.63) is 36.4 Å². The van der Waals surface area contributed by atoms with Crippen molar-refractivity contribution in [3.8, 4) is 5.75 Å². The zero-order valence-electron chi connectivity index (χ0n) is 8.20. The molecule has 0 unspecified atom stereocenters.